The summed E-state index contributed by atoms with van der Waals surface area (Å²) < 4.78 is 26.4. The minimum Gasteiger partial charge on any atom is -0.366 e. The molecule has 3 N–H and O–H groups in total. The molecule has 1 aromatic carbocycles. The van der Waals surface area contributed by atoms with Crippen molar-refractivity contribution in [2.75, 3.05) is 19.0 Å². The first-order chi connectivity index (χ1) is 14.6. The number of carbonyl (C=O) groups excluding carboxylic acids is 2. The summed E-state index contributed by atoms with van der Waals surface area (Å²) in [5, 5.41) is 0.306. The molecule has 0 aliphatic carbocycles. The van der Waals surface area contributed by atoms with E-state index in [2.05, 4.69) is 14.7 Å². The highest BCUT2D eigenvalue weighted by molar-refractivity contribution is 7.91. The third-order valence-corrected chi connectivity index (χ3v) is 7.82. The number of carbonyl (C=O) groups is 2. The summed E-state index contributed by atoms with van der Waals surface area (Å²) >= 11 is 0.939. The van der Waals surface area contributed by atoms with Crippen LogP contribution in [-0.2, 0) is 21.2 Å². The van der Waals surface area contributed by atoms with Crippen LogP contribution in [0.5, 0.6) is 0 Å². The number of primary amides is 1. The number of pyridine rings is 1. The third-order valence-electron chi connectivity index (χ3n) is 4.57. The minimum atomic E-state index is -3.63. The number of anilines is 1. The molecule has 162 valence electrons. The zero-order valence-electron chi connectivity index (χ0n) is 17.1. The van der Waals surface area contributed by atoms with Gasteiger partial charge in [0.25, 0.3) is 10.0 Å². The molecular formula is C20H21N5O4S2. The normalized spacial score (nSPS) is 11.3. The second-order valence-corrected chi connectivity index (χ2v) is 9.76. The summed E-state index contributed by atoms with van der Waals surface area (Å²) in [6.07, 6.45) is 1.62. The fourth-order valence-electron chi connectivity index (χ4n) is 2.79. The number of amides is 2. The second-order valence-electron chi connectivity index (χ2n) is 6.70. The van der Waals surface area contributed by atoms with Gasteiger partial charge in [-0.05, 0) is 31.7 Å². The number of benzene rings is 1. The molecule has 31 heavy (non-hydrogen) atoms. The molecular weight excluding hydrogens is 438 g/mol. The quantitative estimate of drug-likeness (QED) is 0.552. The molecule has 11 heteroatoms. The van der Waals surface area contributed by atoms with Crippen LogP contribution in [0.1, 0.15) is 21.6 Å². The summed E-state index contributed by atoms with van der Waals surface area (Å²) in [5.41, 5.74) is 8.16. The van der Waals surface area contributed by atoms with Crippen LogP contribution in [0.2, 0.25) is 0 Å². The lowest BCUT2D eigenvalue weighted by Gasteiger charge is -2.14. The molecule has 3 aromatic rings. The minimum absolute atomic E-state index is 0.0831. The lowest BCUT2D eigenvalue weighted by molar-refractivity contribution is -0.117. The number of hydrogen-bond donors (Lipinski definition) is 2. The number of nitrogens with two attached hydrogens (primary N) is 1. The van der Waals surface area contributed by atoms with Crippen molar-refractivity contribution < 1.29 is 18.0 Å². The van der Waals surface area contributed by atoms with Crippen molar-refractivity contribution in [1.82, 2.24) is 14.7 Å². The van der Waals surface area contributed by atoms with Gasteiger partial charge in [-0.1, -0.05) is 35.6 Å². The van der Waals surface area contributed by atoms with Crippen molar-refractivity contribution in [3.8, 4) is 11.3 Å². The van der Waals surface area contributed by atoms with E-state index in [1.807, 2.05) is 0 Å². The maximum atomic E-state index is 12.7. The predicted octanol–water partition coefficient (Wildman–Crippen LogP) is 1.73. The van der Waals surface area contributed by atoms with Gasteiger partial charge < -0.3 is 5.73 Å². The lowest BCUT2D eigenvalue weighted by Crippen LogP contribution is -2.27. The maximum Gasteiger partial charge on any atom is 0.251 e. The summed E-state index contributed by atoms with van der Waals surface area (Å²) in [7, 11) is -0.747. The highest BCUT2D eigenvalue weighted by atomic mass is 32.2. The summed E-state index contributed by atoms with van der Waals surface area (Å²) in [6.45, 7) is 1.59. The van der Waals surface area contributed by atoms with Crippen LogP contribution in [0, 0.1) is 6.92 Å². The third kappa shape index (κ3) is 4.95. The number of hydrogen-bond acceptors (Lipinski definition) is 7. The highest BCUT2D eigenvalue weighted by Crippen LogP contribution is 2.29. The first-order valence-corrected chi connectivity index (χ1v) is 11.4. The number of nitrogens with one attached hydrogen (secondary N) is 1. The van der Waals surface area contributed by atoms with E-state index in [-0.39, 0.29) is 16.5 Å². The average molecular weight is 460 g/mol. The van der Waals surface area contributed by atoms with Gasteiger partial charge in [-0.3, -0.25) is 19.5 Å². The topological polar surface area (TPSA) is 135 Å². The lowest BCUT2D eigenvalue weighted by atomic mass is 10.0. The molecule has 0 fully saturated rings. The number of rotatable bonds is 7. The van der Waals surface area contributed by atoms with Crippen LogP contribution in [0.4, 0.5) is 5.13 Å². The number of aryl methyl sites for hydroxylation is 1. The number of thiazole rings is 1. The zero-order valence-corrected chi connectivity index (χ0v) is 18.8. The molecule has 0 spiro atoms. The van der Waals surface area contributed by atoms with Crippen LogP contribution in [0.25, 0.3) is 11.3 Å². The Labute approximate surface area is 184 Å². The van der Waals surface area contributed by atoms with E-state index in [1.54, 1.807) is 50.4 Å². The van der Waals surface area contributed by atoms with Crippen LogP contribution >= 0.6 is 11.3 Å². The van der Waals surface area contributed by atoms with Crippen molar-refractivity contribution in [2.24, 2.45) is 5.73 Å². The van der Waals surface area contributed by atoms with Gasteiger partial charge in [0.15, 0.2) is 9.34 Å². The molecule has 2 aromatic heterocycles. The molecule has 0 bridgehead atoms. The number of sulfonamides is 1. The fraction of sp³-hybridized carbons (Fsp3) is 0.200. The number of likely N-dealkylation sites (N-methyl/N-ethyl adjacent to an activating group) is 1. The molecule has 0 radical (unpaired) electrons. The van der Waals surface area contributed by atoms with Crippen molar-refractivity contribution in [2.45, 2.75) is 17.6 Å². The van der Waals surface area contributed by atoms with Gasteiger partial charge in [-0.15, -0.1) is 0 Å². The second kappa shape index (κ2) is 8.92. The van der Waals surface area contributed by atoms with Gasteiger partial charge >= 0.3 is 0 Å². The van der Waals surface area contributed by atoms with Crippen LogP contribution < -0.4 is 15.4 Å². The maximum absolute atomic E-state index is 12.7. The van der Waals surface area contributed by atoms with Crippen molar-refractivity contribution in [3.63, 3.8) is 0 Å². The molecule has 0 atom stereocenters. The Hall–Kier alpha value is -3.15. The first-order valence-electron chi connectivity index (χ1n) is 9.15. The fourth-order valence-corrected chi connectivity index (χ4v) is 5.10. The van der Waals surface area contributed by atoms with E-state index in [9.17, 15) is 18.0 Å². The van der Waals surface area contributed by atoms with Crippen molar-refractivity contribution in [1.29, 1.82) is 0 Å². The monoisotopic (exact) mass is 459 g/mol. The molecule has 0 unspecified atom stereocenters. The number of aromatic nitrogens is 2. The van der Waals surface area contributed by atoms with E-state index in [0.717, 1.165) is 22.5 Å². The summed E-state index contributed by atoms with van der Waals surface area (Å²) in [6, 6.07) is 10.4. The van der Waals surface area contributed by atoms with E-state index >= 15 is 0 Å². The first kappa shape index (κ1) is 22.5. The van der Waals surface area contributed by atoms with Crippen LogP contribution in [0.3, 0.4) is 0 Å². The predicted molar refractivity (Wildman–Crippen MR) is 118 cm³/mol. The molecule has 2 heterocycles. The van der Waals surface area contributed by atoms with E-state index in [1.165, 1.54) is 18.1 Å². The number of nitrogens with zero attached hydrogens (tertiary/aromatic N) is 3. The SMILES string of the molecule is CNS(=O)(=O)c1sc(N(C)C(=O)Cc2ccc(-c3cc(C(N)=O)ccn3)cc2)nc1C. The molecule has 2 amide bonds. The zero-order chi connectivity index (χ0) is 22.8. The Balaban J connectivity index is 1.74. The molecule has 0 aliphatic heterocycles. The van der Waals surface area contributed by atoms with Crippen molar-refractivity contribution >= 4 is 38.3 Å². The van der Waals surface area contributed by atoms with Gasteiger partial charge in [-0.2, -0.15) is 0 Å². The van der Waals surface area contributed by atoms with E-state index in [0.29, 0.717) is 22.1 Å². The highest BCUT2D eigenvalue weighted by Gasteiger charge is 2.23. The Kier molecular flexibility index (Phi) is 6.48. The van der Waals surface area contributed by atoms with Gasteiger partial charge in [-0.25, -0.2) is 18.1 Å². The Bertz CT molecular complexity index is 1240. The van der Waals surface area contributed by atoms with Gasteiger partial charge in [0.2, 0.25) is 11.8 Å². The van der Waals surface area contributed by atoms with Crippen LogP contribution in [-0.4, -0.2) is 44.3 Å². The van der Waals surface area contributed by atoms with Gasteiger partial charge in [0, 0.05) is 24.4 Å². The summed E-state index contributed by atoms with van der Waals surface area (Å²) in [5.74, 6) is -0.763. The van der Waals surface area contributed by atoms with Crippen LogP contribution in [0.15, 0.2) is 46.8 Å². The molecule has 0 aliphatic rings. The van der Waals surface area contributed by atoms with Gasteiger partial charge in [0.05, 0.1) is 17.8 Å². The smallest absolute Gasteiger partial charge is 0.251 e. The molecule has 0 saturated carbocycles. The molecule has 0 saturated heterocycles. The Morgan fingerprint density at radius 3 is 2.48 bits per heavy atom. The van der Waals surface area contributed by atoms with E-state index < -0.39 is 15.9 Å². The molecule has 3 rings (SSSR count). The van der Waals surface area contributed by atoms with Crippen molar-refractivity contribution in [3.05, 3.63) is 59.4 Å². The molecule has 9 nitrogen and oxygen atoms in total. The standard InChI is InChI=1S/C20H21N5O4S2/c1-12-19(31(28,29)22-2)30-20(24-12)25(3)17(26)10-13-4-6-14(7-5-13)16-11-15(18(21)27)8-9-23-16/h4-9,11,22H,10H2,1-3H3,(H2,21,27). The Morgan fingerprint density at radius 1 is 1.19 bits per heavy atom. The van der Waals surface area contributed by atoms with E-state index in [4.69, 9.17) is 5.73 Å². The van der Waals surface area contributed by atoms with Gasteiger partial charge in [0.1, 0.15) is 0 Å². The Morgan fingerprint density at radius 2 is 1.87 bits per heavy atom. The average Bonchev–Trinajstić information content (AvgIpc) is 3.16. The largest absolute Gasteiger partial charge is 0.366 e. The summed E-state index contributed by atoms with van der Waals surface area (Å²) in [4.78, 5) is 33.8.